The molecule has 1 heterocycles. The number of carbonyl (C=O) groups is 7. The minimum atomic E-state index is -1.37. The van der Waals surface area contributed by atoms with Crippen LogP contribution in [0.25, 0.3) is 0 Å². The average Bonchev–Trinajstić information content (AvgIpc) is 3.65. The number of aliphatic imine (C=N–C) groups is 1. The highest BCUT2D eigenvalue weighted by Crippen LogP contribution is 2.13. The number of phenolic OH excluding ortho intramolecular Hbond substituents is 1. The molecule has 6 amide bonds. The van der Waals surface area contributed by atoms with Gasteiger partial charge in [0.05, 0.1) is 12.4 Å². The summed E-state index contributed by atoms with van der Waals surface area (Å²) in [5, 5.41) is 34.2. The number of nitrogens with zero attached hydrogens (tertiary/aromatic N) is 2. The fourth-order valence-corrected chi connectivity index (χ4v) is 5.30. The topological polar surface area (TPSA) is 351 Å². The van der Waals surface area contributed by atoms with Crippen molar-refractivity contribution in [2.45, 2.75) is 109 Å². The molecule has 0 unspecified atom stereocenters. The summed E-state index contributed by atoms with van der Waals surface area (Å²) in [4.78, 5) is 102. The number of carboxylic acid groups (broad SMARTS) is 1. The van der Waals surface area contributed by atoms with Crippen molar-refractivity contribution >= 4 is 47.4 Å². The third kappa shape index (κ3) is 17.0. The Bertz CT molecular complexity index is 1700. The fraction of sp³-hybridized carbons (Fsp3) is 0.528. The molecule has 21 heteroatoms. The predicted octanol–water partition coefficient (Wildman–Crippen LogP) is -2.62. The second-order valence-electron chi connectivity index (χ2n) is 14.0. The number of phenols is 1. The molecule has 1 aromatic heterocycles. The van der Waals surface area contributed by atoms with Crippen molar-refractivity contribution in [2.75, 3.05) is 6.54 Å². The molecular weight excluding hydrogens is 744 g/mol. The molecule has 0 saturated heterocycles. The van der Waals surface area contributed by atoms with Crippen LogP contribution >= 0.6 is 0 Å². The van der Waals surface area contributed by atoms with E-state index in [-0.39, 0.29) is 49.9 Å². The Kier molecular flexibility index (Phi) is 18.9. The molecule has 314 valence electrons. The van der Waals surface area contributed by atoms with E-state index >= 15 is 0 Å². The van der Waals surface area contributed by atoms with Crippen LogP contribution in [0, 0.1) is 5.92 Å². The largest absolute Gasteiger partial charge is 0.508 e. The molecule has 0 aliphatic heterocycles. The maximum Gasteiger partial charge on any atom is 0.325 e. The number of benzene rings is 1. The lowest BCUT2D eigenvalue weighted by atomic mass is 10.0. The quantitative estimate of drug-likeness (QED) is 0.0312. The normalized spacial score (nSPS) is 14.6. The molecule has 2 aromatic rings. The van der Waals surface area contributed by atoms with Crippen molar-refractivity contribution in [3.8, 4) is 5.75 Å². The Morgan fingerprint density at radius 3 is 1.77 bits per heavy atom. The molecule has 7 atom stereocenters. The highest BCUT2D eigenvalue weighted by Gasteiger charge is 2.32. The van der Waals surface area contributed by atoms with Crippen molar-refractivity contribution < 1.29 is 43.8 Å². The maximum absolute atomic E-state index is 13.9. The molecule has 0 radical (unpaired) electrons. The number of nitrogens with two attached hydrogens (primary N) is 3. The standard InChI is InChI=1S/C36H56N12O9/c1-18(2)13-25(37)31(52)44-19(3)29(50)43-20(4)30(51)46-26(7-6-12-41-36(38)39)32(53)48-28(15-23-16-40-17-42-23)34(55)47-27(33(54)45-21(5)35(56)57)14-22-8-10-24(49)11-9-22/h8-11,16-21,25-28,49H,6-7,12-15,37H2,1-5H3,(H,40,42)(H,43,50)(H,44,52)(H,45,54)(H,46,51)(H,47,55)(H,48,53)(H,56,57)(H4,38,39,41)/t19-,20-,21-,25-,26-,27-,28-/m0/s1. The van der Waals surface area contributed by atoms with Gasteiger partial charge < -0.3 is 64.3 Å². The van der Waals surface area contributed by atoms with Gasteiger partial charge in [0.2, 0.25) is 35.4 Å². The minimum Gasteiger partial charge on any atom is -0.508 e. The van der Waals surface area contributed by atoms with Gasteiger partial charge in [-0.3, -0.25) is 38.6 Å². The molecule has 57 heavy (non-hydrogen) atoms. The van der Waals surface area contributed by atoms with E-state index in [0.717, 1.165) is 0 Å². The molecule has 21 nitrogen and oxygen atoms in total. The van der Waals surface area contributed by atoms with Crippen molar-refractivity contribution in [3.05, 3.63) is 48.0 Å². The minimum absolute atomic E-state index is 0.0213. The van der Waals surface area contributed by atoms with Crippen LogP contribution in [0.2, 0.25) is 0 Å². The first-order valence-electron chi connectivity index (χ1n) is 18.4. The number of aliphatic carboxylic acids is 1. The van der Waals surface area contributed by atoms with Crippen LogP contribution < -0.4 is 49.1 Å². The van der Waals surface area contributed by atoms with Gasteiger partial charge in [0.15, 0.2) is 5.96 Å². The van der Waals surface area contributed by atoms with Gasteiger partial charge >= 0.3 is 5.97 Å². The lowest BCUT2D eigenvalue weighted by Crippen LogP contribution is -2.59. The van der Waals surface area contributed by atoms with Gasteiger partial charge in [0.1, 0.15) is 42.0 Å². The first-order chi connectivity index (χ1) is 26.8. The van der Waals surface area contributed by atoms with E-state index in [2.05, 4.69) is 46.9 Å². The number of H-pyrrole nitrogens is 1. The van der Waals surface area contributed by atoms with Gasteiger partial charge in [0, 0.05) is 31.3 Å². The summed E-state index contributed by atoms with van der Waals surface area (Å²) < 4.78 is 0. The number of hydrogen-bond acceptors (Lipinski definition) is 11. The van der Waals surface area contributed by atoms with Crippen molar-refractivity contribution in [1.29, 1.82) is 0 Å². The summed E-state index contributed by atoms with van der Waals surface area (Å²) in [6.45, 7) is 7.94. The van der Waals surface area contributed by atoms with E-state index in [1.54, 1.807) is 0 Å². The third-order valence-electron chi connectivity index (χ3n) is 8.49. The van der Waals surface area contributed by atoms with Crippen molar-refractivity contribution in [1.82, 2.24) is 41.9 Å². The number of nitrogens with one attached hydrogen (secondary N) is 7. The summed E-state index contributed by atoms with van der Waals surface area (Å²) in [6.07, 6.45) is 3.09. The zero-order valence-corrected chi connectivity index (χ0v) is 32.7. The lowest BCUT2D eigenvalue weighted by Gasteiger charge is -2.26. The Balaban J connectivity index is 2.30. The molecule has 0 aliphatic rings. The number of hydrogen-bond donors (Lipinski definition) is 12. The van der Waals surface area contributed by atoms with Gasteiger partial charge in [-0.2, -0.15) is 0 Å². The van der Waals surface area contributed by atoms with Crippen molar-refractivity contribution in [3.63, 3.8) is 0 Å². The van der Waals surface area contributed by atoms with Crippen LogP contribution in [0.1, 0.15) is 65.1 Å². The van der Waals surface area contributed by atoms with Gasteiger partial charge in [-0.25, -0.2) is 4.98 Å². The van der Waals surface area contributed by atoms with Gasteiger partial charge in [-0.15, -0.1) is 0 Å². The van der Waals surface area contributed by atoms with E-state index in [1.807, 2.05) is 13.8 Å². The van der Waals surface area contributed by atoms with Crippen LogP contribution in [0.4, 0.5) is 0 Å². The number of guanidine groups is 1. The van der Waals surface area contributed by atoms with Crippen LogP contribution in [-0.2, 0) is 46.4 Å². The van der Waals surface area contributed by atoms with Crippen molar-refractivity contribution in [2.24, 2.45) is 28.1 Å². The molecule has 0 aliphatic carbocycles. The predicted molar refractivity (Wildman–Crippen MR) is 208 cm³/mol. The number of amides is 6. The number of imidazole rings is 1. The molecule has 0 bridgehead atoms. The van der Waals surface area contributed by atoms with Crippen LogP contribution in [0.5, 0.6) is 5.75 Å². The molecule has 2 rings (SSSR count). The molecule has 1 aromatic carbocycles. The first kappa shape index (κ1) is 46.9. The highest BCUT2D eigenvalue weighted by molar-refractivity contribution is 5.97. The summed E-state index contributed by atoms with van der Waals surface area (Å²) >= 11 is 0. The number of aromatic nitrogens is 2. The average molecular weight is 801 g/mol. The number of rotatable bonds is 23. The Morgan fingerprint density at radius 2 is 1.23 bits per heavy atom. The monoisotopic (exact) mass is 800 g/mol. The Hall–Kier alpha value is -6.25. The molecular formula is C36H56N12O9. The second-order valence-corrected chi connectivity index (χ2v) is 14.0. The van der Waals surface area contributed by atoms with Crippen LogP contribution in [0.15, 0.2) is 41.8 Å². The molecule has 15 N–H and O–H groups in total. The van der Waals surface area contributed by atoms with E-state index in [4.69, 9.17) is 17.2 Å². The van der Waals surface area contributed by atoms with E-state index in [0.29, 0.717) is 17.7 Å². The lowest BCUT2D eigenvalue weighted by molar-refractivity contribution is -0.141. The van der Waals surface area contributed by atoms with E-state index < -0.39 is 83.7 Å². The molecule has 0 spiro atoms. The zero-order valence-electron chi connectivity index (χ0n) is 32.7. The zero-order chi connectivity index (χ0) is 42.8. The Morgan fingerprint density at radius 1 is 0.719 bits per heavy atom. The SMILES string of the molecule is CC(C)C[C@H](N)C(=O)N[C@@H](C)C(=O)N[C@@H](C)C(=O)N[C@@H](CCCN=C(N)N)C(=O)N[C@@H](Cc1cnc[nH]1)C(=O)N[C@@H](Cc1ccc(O)cc1)C(=O)N[C@@H](C)C(=O)O. The third-order valence-corrected chi connectivity index (χ3v) is 8.49. The van der Waals surface area contributed by atoms with Gasteiger partial charge in [0.25, 0.3) is 0 Å². The first-order valence-corrected chi connectivity index (χ1v) is 18.4. The van der Waals surface area contributed by atoms with E-state index in [1.165, 1.54) is 57.6 Å². The van der Waals surface area contributed by atoms with E-state index in [9.17, 15) is 43.8 Å². The van der Waals surface area contributed by atoms with Gasteiger partial charge in [-0.1, -0.05) is 26.0 Å². The van der Waals surface area contributed by atoms with Crippen LogP contribution in [0.3, 0.4) is 0 Å². The summed E-state index contributed by atoms with van der Waals surface area (Å²) in [6, 6.07) is -2.56. The Labute approximate surface area is 330 Å². The van der Waals surface area contributed by atoms with Gasteiger partial charge in [-0.05, 0) is 63.6 Å². The van der Waals surface area contributed by atoms with Crippen LogP contribution in [-0.4, -0.2) is 116 Å². The number of aromatic amines is 1. The number of aromatic hydroxyl groups is 1. The molecule has 0 saturated carbocycles. The second kappa shape index (κ2) is 23.0. The smallest absolute Gasteiger partial charge is 0.325 e. The summed E-state index contributed by atoms with van der Waals surface area (Å²) in [5.74, 6) is -5.86. The highest BCUT2D eigenvalue weighted by atomic mass is 16.4. The number of carboxylic acids is 1. The number of carbonyl (C=O) groups excluding carboxylic acids is 6. The maximum atomic E-state index is 13.9. The summed E-state index contributed by atoms with van der Waals surface area (Å²) in [7, 11) is 0. The fourth-order valence-electron chi connectivity index (χ4n) is 5.30. The summed E-state index contributed by atoms with van der Waals surface area (Å²) in [5.41, 5.74) is 17.7. The molecule has 0 fully saturated rings.